The molecule has 10 heavy (non-hydrogen) atoms. The number of hydrogen-bond donors (Lipinski definition) is 2. The van der Waals surface area contributed by atoms with Crippen LogP contribution in [0, 0.1) is 0 Å². The van der Waals surface area contributed by atoms with Gasteiger partial charge in [0.25, 0.3) is 0 Å². The highest BCUT2D eigenvalue weighted by atomic mass is 15.0. The van der Waals surface area contributed by atoms with E-state index < -0.39 is 0 Å². The lowest BCUT2D eigenvalue weighted by Crippen LogP contribution is -2.12. The Labute approximate surface area is 59.3 Å². The molecule has 3 N–H and O–H groups in total. The molecule has 1 aliphatic rings. The first-order valence-corrected chi connectivity index (χ1v) is 3.32. The van der Waals surface area contributed by atoms with Gasteiger partial charge in [0.05, 0.1) is 17.4 Å². The molecule has 0 fully saturated rings. The van der Waals surface area contributed by atoms with Gasteiger partial charge in [0.1, 0.15) is 0 Å². The quantitative estimate of drug-likeness (QED) is 0.545. The van der Waals surface area contributed by atoms with Gasteiger partial charge in [-0.2, -0.15) is 0 Å². The maximum atomic E-state index is 5.72. The van der Waals surface area contributed by atoms with E-state index in [1.165, 1.54) is 0 Å². The summed E-state index contributed by atoms with van der Waals surface area (Å²) in [5.41, 5.74) is 7.79. The average molecular weight is 135 g/mol. The Morgan fingerprint density at radius 2 is 2.60 bits per heavy atom. The maximum absolute atomic E-state index is 5.72. The van der Waals surface area contributed by atoms with E-state index in [0.717, 1.165) is 17.9 Å². The van der Waals surface area contributed by atoms with Gasteiger partial charge < -0.3 is 11.1 Å². The van der Waals surface area contributed by atoms with Crippen LogP contribution in [0.3, 0.4) is 0 Å². The van der Waals surface area contributed by atoms with Crippen molar-refractivity contribution >= 4 is 5.69 Å². The summed E-state index contributed by atoms with van der Waals surface area (Å²) in [6, 6.07) is 3.98. The van der Waals surface area contributed by atoms with E-state index in [1.807, 2.05) is 12.1 Å². The molecule has 0 saturated carbocycles. The highest BCUT2D eigenvalue weighted by Gasteiger charge is 2.18. The Morgan fingerprint density at radius 3 is 3.40 bits per heavy atom. The molecule has 1 atom stereocenters. The van der Waals surface area contributed by atoms with E-state index in [2.05, 4.69) is 10.3 Å². The molecule has 3 nitrogen and oxygen atoms in total. The fourth-order valence-corrected chi connectivity index (χ4v) is 1.18. The van der Waals surface area contributed by atoms with Crippen LogP contribution in [0.5, 0.6) is 0 Å². The number of aromatic nitrogens is 1. The number of rotatable bonds is 0. The third kappa shape index (κ3) is 0.675. The largest absolute Gasteiger partial charge is 0.382 e. The van der Waals surface area contributed by atoms with Crippen molar-refractivity contribution in [2.24, 2.45) is 5.73 Å². The third-order valence-electron chi connectivity index (χ3n) is 1.70. The minimum absolute atomic E-state index is 0.0798. The molecule has 1 aromatic rings. The zero-order valence-electron chi connectivity index (χ0n) is 5.54. The van der Waals surface area contributed by atoms with Crippen LogP contribution in [-0.4, -0.2) is 11.5 Å². The van der Waals surface area contributed by atoms with Crippen LogP contribution in [0.25, 0.3) is 0 Å². The molecule has 1 aliphatic heterocycles. The first-order valence-electron chi connectivity index (χ1n) is 3.32. The zero-order chi connectivity index (χ0) is 6.97. The summed E-state index contributed by atoms with van der Waals surface area (Å²) in [5.74, 6) is 0. The number of pyridine rings is 1. The van der Waals surface area contributed by atoms with Crippen molar-refractivity contribution in [1.29, 1.82) is 0 Å². The number of nitrogens with one attached hydrogen (secondary N) is 1. The standard InChI is InChI=1S/C7H9N3/c8-5-4-10-6-2-1-3-9-7(5)6/h1-3,5,10H,4,8H2. The molecule has 0 amide bonds. The monoisotopic (exact) mass is 135 g/mol. The molecule has 1 unspecified atom stereocenters. The van der Waals surface area contributed by atoms with E-state index in [9.17, 15) is 0 Å². The van der Waals surface area contributed by atoms with Crippen LogP contribution in [0.1, 0.15) is 11.7 Å². The molecule has 52 valence electrons. The topological polar surface area (TPSA) is 50.9 Å². The number of anilines is 1. The summed E-state index contributed by atoms with van der Waals surface area (Å²) in [7, 11) is 0. The molecule has 0 aromatic carbocycles. The Bertz CT molecular complexity index is 246. The summed E-state index contributed by atoms with van der Waals surface area (Å²) in [5, 5.41) is 3.16. The highest BCUT2D eigenvalue weighted by Crippen LogP contribution is 2.24. The van der Waals surface area contributed by atoms with E-state index in [-0.39, 0.29) is 6.04 Å². The van der Waals surface area contributed by atoms with Crippen molar-refractivity contribution in [2.75, 3.05) is 11.9 Å². The lowest BCUT2D eigenvalue weighted by molar-refractivity contribution is 0.780. The molecular weight excluding hydrogens is 126 g/mol. The molecule has 1 aromatic heterocycles. The Kier molecular flexibility index (Phi) is 1.11. The second-order valence-corrected chi connectivity index (χ2v) is 2.42. The Morgan fingerprint density at radius 1 is 1.70 bits per heavy atom. The minimum atomic E-state index is 0.0798. The SMILES string of the molecule is NC1CNc2cccnc21. The first-order chi connectivity index (χ1) is 4.88. The number of hydrogen-bond acceptors (Lipinski definition) is 3. The van der Waals surface area contributed by atoms with E-state index in [4.69, 9.17) is 5.73 Å². The van der Waals surface area contributed by atoms with Gasteiger partial charge in [-0.05, 0) is 12.1 Å². The van der Waals surface area contributed by atoms with Gasteiger partial charge >= 0.3 is 0 Å². The van der Waals surface area contributed by atoms with Gasteiger partial charge in [-0.15, -0.1) is 0 Å². The summed E-state index contributed by atoms with van der Waals surface area (Å²) in [6.45, 7) is 0.812. The van der Waals surface area contributed by atoms with Crippen LogP contribution in [0.4, 0.5) is 5.69 Å². The van der Waals surface area contributed by atoms with Gasteiger partial charge in [-0.1, -0.05) is 0 Å². The fraction of sp³-hybridized carbons (Fsp3) is 0.286. The second-order valence-electron chi connectivity index (χ2n) is 2.42. The molecule has 3 heteroatoms. The number of fused-ring (bicyclic) bond motifs is 1. The summed E-state index contributed by atoms with van der Waals surface area (Å²) >= 11 is 0. The average Bonchev–Trinajstić information content (AvgIpc) is 2.34. The van der Waals surface area contributed by atoms with Crippen molar-refractivity contribution in [2.45, 2.75) is 6.04 Å². The Hall–Kier alpha value is -1.09. The second kappa shape index (κ2) is 1.95. The predicted octanol–water partition coefficient (Wildman–Crippen LogP) is 0.507. The highest BCUT2D eigenvalue weighted by molar-refractivity contribution is 5.53. The van der Waals surface area contributed by atoms with Crippen LogP contribution in [0.15, 0.2) is 18.3 Å². The van der Waals surface area contributed by atoms with Crippen LogP contribution in [-0.2, 0) is 0 Å². The maximum Gasteiger partial charge on any atom is 0.0819 e. The Balaban J connectivity index is 2.51. The summed E-state index contributed by atoms with van der Waals surface area (Å²) in [4.78, 5) is 4.15. The fourth-order valence-electron chi connectivity index (χ4n) is 1.18. The van der Waals surface area contributed by atoms with Crippen molar-refractivity contribution in [1.82, 2.24) is 4.98 Å². The van der Waals surface area contributed by atoms with Gasteiger partial charge in [0.2, 0.25) is 0 Å². The van der Waals surface area contributed by atoms with Gasteiger partial charge in [-0.3, -0.25) is 4.98 Å². The third-order valence-corrected chi connectivity index (χ3v) is 1.70. The normalized spacial score (nSPS) is 21.9. The van der Waals surface area contributed by atoms with Gasteiger partial charge in [0.15, 0.2) is 0 Å². The summed E-state index contributed by atoms with van der Waals surface area (Å²) < 4.78 is 0. The predicted molar refractivity (Wildman–Crippen MR) is 39.7 cm³/mol. The molecule has 2 rings (SSSR count). The van der Waals surface area contributed by atoms with Crippen molar-refractivity contribution in [3.63, 3.8) is 0 Å². The van der Waals surface area contributed by atoms with Crippen molar-refractivity contribution < 1.29 is 0 Å². The van der Waals surface area contributed by atoms with Crippen LogP contribution < -0.4 is 11.1 Å². The molecular formula is C7H9N3. The lowest BCUT2D eigenvalue weighted by Gasteiger charge is -1.97. The van der Waals surface area contributed by atoms with Crippen molar-refractivity contribution in [3.05, 3.63) is 24.0 Å². The molecule has 0 bridgehead atoms. The first kappa shape index (κ1) is 5.68. The smallest absolute Gasteiger partial charge is 0.0819 e. The molecule has 0 radical (unpaired) electrons. The molecule has 0 aliphatic carbocycles. The van der Waals surface area contributed by atoms with Crippen LogP contribution >= 0.6 is 0 Å². The molecule has 0 spiro atoms. The van der Waals surface area contributed by atoms with Gasteiger partial charge in [-0.25, -0.2) is 0 Å². The van der Waals surface area contributed by atoms with Gasteiger partial charge in [0, 0.05) is 12.7 Å². The lowest BCUT2D eigenvalue weighted by atomic mass is 10.2. The number of nitrogens with two attached hydrogens (primary N) is 1. The zero-order valence-corrected chi connectivity index (χ0v) is 5.54. The summed E-state index contributed by atoms with van der Waals surface area (Å²) in [6.07, 6.45) is 1.77. The minimum Gasteiger partial charge on any atom is -0.382 e. The molecule has 2 heterocycles. The van der Waals surface area contributed by atoms with E-state index >= 15 is 0 Å². The van der Waals surface area contributed by atoms with Crippen molar-refractivity contribution in [3.8, 4) is 0 Å². The van der Waals surface area contributed by atoms with E-state index in [0.29, 0.717) is 0 Å². The number of nitrogens with zero attached hydrogens (tertiary/aromatic N) is 1. The molecule has 0 saturated heterocycles. The van der Waals surface area contributed by atoms with Crippen LogP contribution in [0.2, 0.25) is 0 Å². The van der Waals surface area contributed by atoms with E-state index in [1.54, 1.807) is 6.20 Å².